The van der Waals surface area contributed by atoms with Crippen LogP contribution in [0, 0.1) is 18.7 Å². The van der Waals surface area contributed by atoms with Crippen molar-refractivity contribution >= 4 is 17.5 Å². The predicted octanol–water partition coefficient (Wildman–Crippen LogP) is 3.68. The lowest BCUT2D eigenvalue weighted by Crippen LogP contribution is -2.28. The Morgan fingerprint density at radius 2 is 1.92 bits per heavy atom. The number of benzene rings is 2. The van der Waals surface area contributed by atoms with Gasteiger partial charge in [-0.2, -0.15) is 0 Å². The fraction of sp³-hybridized carbons (Fsp3) is 0.333. The topological polar surface area (TPSA) is 49.4 Å². The lowest BCUT2D eigenvalue weighted by atomic mass is 10.0. The van der Waals surface area contributed by atoms with Crippen LogP contribution in [-0.2, 0) is 22.6 Å². The number of carbonyl (C=O) groups is 2. The van der Waals surface area contributed by atoms with Crippen LogP contribution in [0.3, 0.4) is 0 Å². The van der Waals surface area contributed by atoms with E-state index in [1.807, 2.05) is 32.0 Å². The van der Waals surface area contributed by atoms with Gasteiger partial charge in [-0.05, 0) is 30.5 Å². The maximum absolute atomic E-state index is 13.8. The summed E-state index contributed by atoms with van der Waals surface area (Å²) in [5.74, 6) is -1.02. The fourth-order valence-corrected chi connectivity index (χ4v) is 3.36. The van der Waals surface area contributed by atoms with E-state index < -0.39 is 5.92 Å². The highest BCUT2D eigenvalue weighted by Gasteiger charge is 2.34. The Bertz CT molecular complexity index is 835. The van der Waals surface area contributed by atoms with Gasteiger partial charge in [0.15, 0.2) is 0 Å². The SMILES string of the molecule is CCc1cccc(C)c1NC(=O)C1CC(=O)N(Cc2ccccc2F)C1. The molecule has 0 spiro atoms. The predicted molar refractivity (Wildman–Crippen MR) is 99.1 cm³/mol. The minimum atomic E-state index is -0.418. The highest BCUT2D eigenvalue weighted by Crippen LogP contribution is 2.25. The maximum Gasteiger partial charge on any atom is 0.229 e. The molecule has 0 saturated carbocycles. The van der Waals surface area contributed by atoms with Crippen molar-refractivity contribution in [1.82, 2.24) is 4.90 Å². The molecule has 0 bridgehead atoms. The molecule has 1 N–H and O–H groups in total. The van der Waals surface area contributed by atoms with E-state index in [1.165, 1.54) is 6.07 Å². The van der Waals surface area contributed by atoms with Crippen LogP contribution in [0.25, 0.3) is 0 Å². The van der Waals surface area contributed by atoms with Crippen LogP contribution in [-0.4, -0.2) is 23.3 Å². The Morgan fingerprint density at radius 3 is 2.65 bits per heavy atom. The van der Waals surface area contributed by atoms with E-state index in [0.717, 1.165) is 23.2 Å². The minimum absolute atomic E-state index is 0.117. The Kier molecular flexibility index (Phi) is 5.35. The molecule has 3 rings (SSSR count). The molecule has 0 aliphatic carbocycles. The summed E-state index contributed by atoms with van der Waals surface area (Å²) in [5.41, 5.74) is 3.38. The number of amides is 2. The normalized spacial score (nSPS) is 16.8. The molecule has 1 aliphatic rings. The summed E-state index contributed by atoms with van der Waals surface area (Å²) >= 11 is 0. The van der Waals surface area contributed by atoms with Crippen molar-refractivity contribution < 1.29 is 14.0 Å². The van der Waals surface area contributed by atoms with Gasteiger partial charge in [-0.15, -0.1) is 0 Å². The third-order valence-electron chi connectivity index (χ3n) is 4.89. The highest BCUT2D eigenvalue weighted by molar-refractivity contribution is 5.98. The van der Waals surface area contributed by atoms with Gasteiger partial charge in [-0.25, -0.2) is 4.39 Å². The molecule has 2 aromatic rings. The van der Waals surface area contributed by atoms with E-state index in [-0.39, 0.29) is 30.6 Å². The van der Waals surface area contributed by atoms with Crippen LogP contribution in [0.15, 0.2) is 42.5 Å². The summed E-state index contributed by atoms with van der Waals surface area (Å²) in [6.07, 6.45) is 0.980. The first-order valence-electron chi connectivity index (χ1n) is 8.90. The summed E-state index contributed by atoms with van der Waals surface area (Å²) in [5, 5.41) is 3.00. The molecular formula is C21H23FN2O2. The average molecular weight is 354 g/mol. The van der Waals surface area contributed by atoms with Crippen LogP contribution >= 0.6 is 0 Å². The molecule has 1 atom stereocenters. The quantitative estimate of drug-likeness (QED) is 0.890. The summed E-state index contributed by atoms with van der Waals surface area (Å²) in [6, 6.07) is 12.3. The van der Waals surface area contributed by atoms with Crippen molar-refractivity contribution in [1.29, 1.82) is 0 Å². The van der Waals surface area contributed by atoms with Crippen molar-refractivity contribution in [3.63, 3.8) is 0 Å². The zero-order chi connectivity index (χ0) is 18.7. The molecule has 0 radical (unpaired) electrons. The third kappa shape index (κ3) is 3.77. The first-order valence-corrected chi connectivity index (χ1v) is 8.90. The van der Waals surface area contributed by atoms with E-state index in [0.29, 0.717) is 12.1 Å². The molecule has 1 unspecified atom stereocenters. The number of rotatable bonds is 5. The highest BCUT2D eigenvalue weighted by atomic mass is 19.1. The summed E-state index contributed by atoms with van der Waals surface area (Å²) in [6.45, 7) is 4.50. The maximum atomic E-state index is 13.8. The number of hydrogen-bond acceptors (Lipinski definition) is 2. The van der Waals surface area contributed by atoms with Gasteiger partial charge in [0.1, 0.15) is 5.82 Å². The van der Waals surface area contributed by atoms with Crippen molar-refractivity contribution in [3.05, 3.63) is 65.0 Å². The molecule has 5 heteroatoms. The van der Waals surface area contributed by atoms with Gasteiger partial charge in [0.2, 0.25) is 11.8 Å². The Morgan fingerprint density at radius 1 is 1.19 bits per heavy atom. The van der Waals surface area contributed by atoms with Crippen LogP contribution < -0.4 is 5.32 Å². The second-order valence-electron chi connectivity index (χ2n) is 6.72. The van der Waals surface area contributed by atoms with E-state index >= 15 is 0 Å². The largest absolute Gasteiger partial charge is 0.337 e. The zero-order valence-electron chi connectivity index (χ0n) is 15.1. The smallest absolute Gasteiger partial charge is 0.229 e. The zero-order valence-corrected chi connectivity index (χ0v) is 15.1. The van der Waals surface area contributed by atoms with E-state index in [2.05, 4.69) is 5.32 Å². The van der Waals surface area contributed by atoms with E-state index in [9.17, 15) is 14.0 Å². The second-order valence-corrected chi connectivity index (χ2v) is 6.72. The fourth-order valence-electron chi connectivity index (χ4n) is 3.36. The van der Waals surface area contributed by atoms with Gasteiger partial charge >= 0.3 is 0 Å². The molecular weight excluding hydrogens is 331 g/mol. The number of nitrogens with one attached hydrogen (secondary N) is 1. The minimum Gasteiger partial charge on any atom is -0.337 e. The van der Waals surface area contributed by atoms with E-state index in [1.54, 1.807) is 23.1 Å². The number of likely N-dealkylation sites (tertiary alicyclic amines) is 1. The Labute approximate surface area is 153 Å². The van der Waals surface area contributed by atoms with Crippen LogP contribution in [0.1, 0.15) is 30.0 Å². The molecule has 1 aliphatic heterocycles. The number of aryl methyl sites for hydroxylation is 2. The monoisotopic (exact) mass is 354 g/mol. The molecule has 1 fully saturated rings. The van der Waals surface area contributed by atoms with E-state index in [4.69, 9.17) is 0 Å². The lowest BCUT2D eigenvalue weighted by molar-refractivity contribution is -0.128. The van der Waals surface area contributed by atoms with Gasteiger partial charge in [-0.1, -0.05) is 43.3 Å². The lowest BCUT2D eigenvalue weighted by Gasteiger charge is -2.18. The second kappa shape index (κ2) is 7.68. The van der Waals surface area contributed by atoms with Gasteiger partial charge in [0.25, 0.3) is 0 Å². The molecule has 26 heavy (non-hydrogen) atoms. The first-order chi connectivity index (χ1) is 12.5. The van der Waals surface area contributed by atoms with Crippen LogP contribution in [0.2, 0.25) is 0 Å². The molecule has 1 heterocycles. The number of para-hydroxylation sites is 1. The van der Waals surface area contributed by atoms with Crippen molar-refractivity contribution in [2.24, 2.45) is 5.92 Å². The van der Waals surface area contributed by atoms with Crippen LogP contribution in [0.5, 0.6) is 0 Å². The standard InChI is InChI=1S/C21H23FN2O2/c1-3-15-9-6-7-14(2)20(15)23-21(26)17-11-19(25)24(13-17)12-16-8-4-5-10-18(16)22/h4-10,17H,3,11-13H2,1-2H3,(H,23,26). The average Bonchev–Trinajstić information content (AvgIpc) is 2.99. The number of hydrogen-bond donors (Lipinski definition) is 1. The van der Waals surface area contributed by atoms with Gasteiger partial charge in [-0.3, -0.25) is 9.59 Å². The van der Waals surface area contributed by atoms with Crippen molar-refractivity contribution in [2.45, 2.75) is 33.2 Å². The molecule has 136 valence electrons. The first kappa shape index (κ1) is 18.1. The van der Waals surface area contributed by atoms with Crippen molar-refractivity contribution in [2.75, 3.05) is 11.9 Å². The Hall–Kier alpha value is -2.69. The number of carbonyl (C=O) groups excluding carboxylic acids is 2. The van der Waals surface area contributed by atoms with Gasteiger partial charge in [0, 0.05) is 30.8 Å². The number of nitrogens with zero attached hydrogens (tertiary/aromatic N) is 1. The molecule has 0 aromatic heterocycles. The molecule has 1 saturated heterocycles. The van der Waals surface area contributed by atoms with Crippen LogP contribution in [0.4, 0.5) is 10.1 Å². The molecule has 4 nitrogen and oxygen atoms in total. The number of halogens is 1. The van der Waals surface area contributed by atoms with Gasteiger partial charge in [0.05, 0.1) is 5.92 Å². The number of anilines is 1. The summed E-state index contributed by atoms with van der Waals surface area (Å²) < 4.78 is 13.8. The molecule has 2 amide bonds. The molecule has 2 aromatic carbocycles. The Balaban J connectivity index is 1.69. The third-order valence-corrected chi connectivity index (χ3v) is 4.89. The summed E-state index contributed by atoms with van der Waals surface area (Å²) in [7, 11) is 0. The van der Waals surface area contributed by atoms with Crippen molar-refractivity contribution in [3.8, 4) is 0 Å². The van der Waals surface area contributed by atoms with Gasteiger partial charge < -0.3 is 10.2 Å². The summed E-state index contributed by atoms with van der Waals surface area (Å²) in [4.78, 5) is 26.5.